The molecule has 5 nitrogen and oxygen atoms in total. The van der Waals surface area contributed by atoms with E-state index < -0.39 is 6.04 Å². The second kappa shape index (κ2) is 10.6. The Balaban J connectivity index is 2.18. The molecule has 0 aromatic heterocycles. The van der Waals surface area contributed by atoms with Gasteiger partial charge in [-0.25, -0.2) is 0 Å². The number of hydrogen-bond acceptors (Lipinski definition) is 3. The third-order valence-electron chi connectivity index (χ3n) is 5.01. The first-order valence-electron chi connectivity index (χ1n) is 10.1. The molecular weight excluding hydrogens is 364 g/mol. The lowest BCUT2D eigenvalue weighted by molar-refractivity contribution is -0.142. The maximum atomic E-state index is 13.1. The molecule has 2 aromatic carbocycles. The number of amides is 2. The van der Waals surface area contributed by atoms with E-state index in [1.165, 1.54) is 0 Å². The smallest absolute Gasteiger partial charge is 0.261 e. The Labute approximate surface area is 174 Å². The minimum Gasteiger partial charge on any atom is -0.483 e. The summed E-state index contributed by atoms with van der Waals surface area (Å²) < 4.78 is 5.82. The summed E-state index contributed by atoms with van der Waals surface area (Å²) >= 11 is 0. The maximum absolute atomic E-state index is 13.1. The van der Waals surface area contributed by atoms with Crippen LogP contribution in [0.5, 0.6) is 5.75 Å². The van der Waals surface area contributed by atoms with Crippen LogP contribution in [-0.4, -0.2) is 35.9 Å². The van der Waals surface area contributed by atoms with Crippen LogP contribution in [0.3, 0.4) is 0 Å². The van der Waals surface area contributed by atoms with Crippen molar-refractivity contribution in [1.29, 1.82) is 0 Å². The van der Waals surface area contributed by atoms with E-state index in [0.717, 1.165) is 28.7 Å². The van der Waals surface area contributed by atoms with Crippen LogP contribution in [0.2, 0.25) is 0 Å². The molecule has 0 aliphatic heterocycles. The Hall–Kier alpha value is -2.82. The number of ether oxygens (including phenoxy) is 1. The quantitative estimate of drug-likeness (QED) is 0.699. The van der Waals surface area contributed by atoms with E-state index in [-0.39, 0.29) is 18.4 Å². The lowest BCUT2D eigenvalue weighted by atomic mass is 10.1. The van der Waals surface area contributed by atoms with E-state index in [2.05, 4.69) is 5.32 Å². The van der Waals surface area contributed by atoms with Gasteiger partial charge in [0.25, 0.3) is 5.91 Å². The summed E-state index contributed by atoms with van der Waals surface area (Å²) in [4.78, 5) is 27.2. The van der Waals surface area contributed by atoms with Crippen molar-refractivity contribution in [3.63, 3.8) is 0 Å². The van der Waals surface area contributed by atoms with Crippen molar-refractivity contribution in [2.75, 3.05) is 13.2 Å². The average molecular weight is 397 g/mol. The highest BCUT2D eigenvalue weighted by molar-refractivity contribution is 5.88. The van der Waals surface area contributed by atoms with Gasteiger partial charge in [-0.1, -0.05) is 43.3 Å². The first-order valence-corrected chi connectivity index (χ1v) is 10.1. The molecule has 2 rings (SSSR count). The van der Waals surface area contributed by atoms with Crippen molar-refractivity contribution in [2.45, 2.75) is 53.6 Å². The molecule has 0 fully saturated rings. The Morgan fingerprint density at radius 3 is 2.48 bits per heavy atom. The summed E-state index contributed by atoms with van der Waals surface area (Å²) in [6, 6.07) is 13.2. The molecule has 0 saturated heterocycles. The van der Waals surface area contributed by atoms with Gasteiger partial charge in [0, 0.05) is 13.1 Å². The van der Waals surface area contributed by atoms with Crippen LogP contribution in [0.15, 0.2) is 42.5 Å². The van der Waals surface area contributed by atoms with Crippen LogP contribution in [0.1, 0.15) is 42.5 Å². The first kappa shape index (κ1) is 22.5. The monoisotopic (exact) mass is 396 g/mol. The van der Waals surface area contributed by atoms with Gasteiger partial charge in [-0.2, -0.15) is 0 Å². The van der Waals surface area contributed by atoms with Crippen molar-refractivity contribution < 1.29 is 14.3 Å². The zero-order valence-electron chi connectivity index (χ0n) is 18.1. The number of hydrogen-bond donors (Lipinski definition) is 1. The van der Waals surface area contributed by atoms with Crippen molar-refractivity contribution in [3.05, 3.63) is 64.7 Å². The van der Waals surface area contributed by atoms with Crippen LogP contribution in [0.25, 0.3) is 0 Å². The first-order chi connectivity index (χ1) is 13.8. The molecule has 0 saturated carbocycles. The Morgan fingerprint density at radius 1 is 1.07 bits per heavy atom. The largest absolute Gasteiger partial charge is 0.483 e. The Kier molecular flexibility index (Phi) is 8.25. The normalized spacial score (nSPS) is 11.6. The van der Waals surface area contributed by atoms with E-state index in [4.69, 9.17) is 4.74 Å². The number of benzene rings is 2. The molecule has 29 heavy (non-hydrogen) atoms. The molecule has 0 spiro atoms. The number of carbonyl (C=O) groups excluding carboxylic acids is 2. The molecular formula is C24H32N2O3. The topological polar surface area (TPSA) is 58.6 Å². The van der Waals surface area contributed by atoms with Crippen LogP contribution >= 0.6 is 0 Å². The molecule has 1 unspecified atom stereocenters. The fourth-order valence-corrected chi connectivity index (χ4v) is 3.03. The third-order valence-corrected chi connectivity index (χ3v) is 5.01. The van der Waals surface area contributed by atoms with Gasteiger partial charge in [0.05, 0.1) is 0 Å². The van der Waals surface area contributed by atoms with E-state index in [1.807, 2.05) is 70.2 Å². The number of nitrogens with one attached hydrogen (secondary N) is 1. The molecule has 0 aliphatic carbocycles. The second-order valence-corrected chi connectivity index (χ2v) is 7.47. The molecule has 0 bridgehead atoms. The third kappa shape index (κ3) is 6.34. The van der Waals surface area contributed by atoms with Crippen LogP contribution in [-0.2, 0) is 16.1 Å². The number of rotatable bonds is 9. The SMILES string of the molecule is CCCNC(=O)C(C)N(Cc1ccccc1C)C(=O)COc1cc(C)ccc1C. The standard InChI is InChI=1S/C24H32N2O3/c1-6-13-25-24(28)20(5)26(15-21-10-8-7-9-18(21)3)23(27)16-29-22-14-17(2)11-12-19(22)4/h7-12,14,20H,6,13,15-16H2,1-5H3,(H,25,28). The Bertz CT molecular complexity index is 848. The van der Waals surface area contributed by atoms with Crippen LogP contribution in [0, 0.1) is 20.8 Å². The lowest BCUT2D eigenvalue weighted by Crippen LogP contribution is -2.49. The summed E-state index contributed by atoms with van der Waals surface area (Å²) in [5.74, 6) is 0.325. The molecule has 0 aliphatic rings. The zero-order chi connectivity index (χ0) is 21.4. The second-order valence-electron chi connectivity index (χ2n) is 7.47. The van der Waals surface area contributed by atoms with Gasteiger partial charge in [0.2, 0.25) is 5.91 Å². The predicted octanol–water partition coefficient (Wildman–Crippen LogP) is 3.93. The average Bonchev–Trinajstić information content (AvgIpc) is 2.71. The Morgan fingerprint density at radius 2 is 1.79 bits per heavy atom. The summed E-state index contributed by atoms with van der Waals surface area (Å²) in [5.41, 5.74) is 4.15. The highest BCUT2D eigenvalue weighted by atomic mass is 16.5. The van der Waals surface area contributed by atoms with Crippen molar-refractivity contribution in [3.8, 4) is 5.75 Å². The van der Waals surface area contributed by atoms with E-state index in [0.29, 0.717) is 18.8 Å². The van der Waals surface area contributed by atoms with Crippen LogP contribution < -0.4 is 10.1 Å². The fourth-order valence-electron chi connectivity index (χ4n) is 3.03. The molecule has 1 atom stereocenters. The molecule has 2 amide bonds. The summed E-state index contributed by atoms with van der Waals surface area (Å²) in [5, 5.41) is 2.88. The molecule has 5 heteroatoms. The van der Waals surface area contributed by atoms with Crippen molar-refractivity contribution >= 4 is 11.8 Å². The highest BCUT2D eigenvalue weighted by Gasteiger charge is 2.26. The summed E-state index contributed by atoms with van der Waals surface area (Å²) in [7, 11) is 0. The van der Waals surface area contributed by atoms with Crippen molar-refractivity contribution in [2.24, 2.45) is 0 Å². The van der Waals surface area contributed by atoms with Gasteiger partial charge in [0.15, 0.2) is 6.61 Å². The van der Waals surface area contributed by atoms with Gasteiger partial charge < -0.3 is 15.0 Å². The van der Waals surface area contributed by atoms with Crippen molar-refractivity contribution in [1.82, 2.24) is 10.2 Å². The molecule has 0 radical (unpaired) electrons. The fraction of sp³-hybridized carbons (Fsp3) is 0.417. The molecule has 0 heterocycles. The number of nitrogens with zero attached hydrogens (tertiary/aromatic N) is 1. The van der Waals surface area contributed by atoms with Gasteiger partial charge >= 0.3 is 0 Å². The molecule has 2 aromatic rings. The lowest BCUT2D eigenvalue weighted by Gasteiger charge is -2.29. The van der Waals surface area contributed by atoms with E-state index >= 15 is 0 Å². The molecule has 1 N–H and O–H groups in total. The number of aryl methyl sites for hydroxylation is 3. The van der Waals surface area contributed by atoms with Crippen LogP contribution in [0.4, 0.5) is 0 Å². The summed E-state index contributed by atoms with van der Waals surface area (Å²) in [6.45, 7) is 10.5. The zero-order valence-corrected chi connectivity index (χ0v) is 18.1. The van der Waals surface area contributed by atoms with Gasteiger partial charge in [-0.05, 0) is 62.4 Å². The minimum absolute atomic E-state index is 0.110. The van der Waals surface area contributed by atoms with E-state index in [1.54, 1.807) is 11.8 Å². The highest BCUT2D eigenvalue weighted by Crippen LogP contribution is 2.20. The molecule has 156 valence electrons. The van der Waals surface area contributed by atoms with Gasteiger partial charge in [0.1, 0.15) is 11.8 Å². The summed E-state index contributed by atoms with van der Waals surface area (Å²) in [6.07, 6.45) is 0.847. The number of carbonyl (C=O) groups is 2. The minimum atomic E-state index is -0.587. The predicted molar refractivity (Wildman–Crippen MR) is 116 cm³/mol. The maximum Gasteiger partial charge on any atom is 0.261 e. The van der Waals surface area contributed by atoms with E-state index in [9.17, 15) is 9.59 Å². The van der Waals surface area contributed by atoms with Gasteiger partial charge in [-0.3, -0.25) is 9.59 Å². The van der Waals surface area contributed by atoms with Gasteiger partial charge in [-0.15, -0.1) is 0 Å².